The number of rotatable bonds is 2. The van der Waals surface area contributed by atoms with Gasteiger partial charge in [0, 0.05) is 64.6 Å². The predicted octanol–water partition coefficient (Wildman–Crippen LogP) is 0.595. The number of likely N-dealkylation sites (tertiary alicyclic amines) is 1. The third-order valence-corrected chi connectivity index (χ3v) is 6.33. The third kappa shape index (κ3) is 3.36. The number of hydrogen-bond donors (Lipinski definition) is 0. The van der Waals surface area contributed by atoms with E-state index in [0.29, 0.717) is 39.5 Å². The van der Waals surface area contributed by atoms with Crippen molar-refractivity contribution in [3.63, 3.8) is 0 Å². The van der Waals surface area contributed by atoms with Crippen molar-refractivity contribution in [1.29, 1.82) is 0 Å². The lowest BCUT2D eigenvalue weighted by Gasteiger charge is -2.39. The standard InChI is InChI=1S/C19H28N4O4/c1-21-6-5-20-17(21)16-14(11-15(24)22(16)2)18(25)23-7-10-27-13-19(12-23)3-8-26-9-4-19/h5-6,14,16H,3-4,7-13H2,1-2H3/t14-,16-/m0/s1. The average molecular weight is 376 g/mol. The van der Waals surface area contributed by atoms with E-state index in [-0.39, 0.29) is 29.7 Å². The van der Waals surface area contributed by atoms with Crippen molar-refractivity contribution in [2.45, 2.75) is 25.3 Å². The molecule has 2 amide bonds. The average Bonchev–Trinajstić information content (AvgIpc) is 3.13. The third-order valence-electron chi connectivity index (χ3n) is 6.33. The van der Waals surface area contributed by atoms with E-state index in [2.05, 4.69) is 4.98 Å². The molecule has 8 heteroatoms. The molecule has 148 valence electrons. The zero-order valence-electron chi connectivity index (χ0n) is 16.1. The van der Waals surface area contributed by atoms with E-state index in [1.807, 2.05) is 22.7 Å². The molecule has 1 aromatic heterocycles. The Bertz CT molecular complexity index is 712. The van der Waals surface area contributed by atoms with Crippen molar-refractivity contribution in [2.75, 3.05) is 46.6 Å². The second kappa shape index (κ2) is 7.24. The van der Waals surface area contributed by atoms with Crippen LogP contribution in [0.25, 0.3) is 0 Å². The number of imidazole rings is 1. The van der Waals surface area contributed by atoms with Crippen molar-refractivity contribution < 1.29 is 19.1 Å². The van der Waals surface area contributed by atoms with Crippen LogP contribution >= 0.6 is 0 Å². The van der Waals surface area contributed by atoms with Crippen LogP contribution in [-0.4, -0.2) is 77.7 Å². The van der Waals surface area contributed by atoms with Gasteiger partial charge in [-0.25, -0.2) is 4.98 Å². The molecule has 27 heavy (non-hydrogen) atoms. The molecule has 4 rings (SSSR count). The van der Waals surface area contributed by atoms with Crippen LogP contribution in [-0.2, 0) is 26.1 Å². The van der Waals surface area contributed by atoms with Gasteiger partial charge in [0.25, 0.3) is 0 Å². The Balaban J connectivity index is 1.58. The van der Waals surface area contributed by atoms with E-state index in [4.69, 9.17) is 9.47 Å². The summed E-state index contributed by atoms with van der Waals surface area (Å²) in [4.78, 5) is 34.0. The predicted molar refractivity (Wildman–Crippen MR) is 96.7 cm³/mol. The Hall–Kier alpha value is -1.93. The highest BCUT2D eigenvalue weighted by Gasteiger charge is 2.47. The molecular formula is C19H28N4O4. The van der Waals surface area contributed by atoms with Gasteiger partial charge in [-0.3, -0.25) is 9.59 Å². The maximum Gasteiger partial charge on any atom is 0.228 e. The molecular weight excluding hydrogens is 348 g/mol. The number of aromatic nitrogens is 2. The number of carbonyl (C=O) groups excluding carboxylic acids is 2. The zero-order chi connectivity index (χ0) is 19.0. The van der Waals surface area contributed by atoms with Crippen LogP contribution in [0.4, 0.5) is 0 Å². The minimum absolute atomic E-state index is 0.00629. The molecule has 1 aromatic rings. The molecule has 0 saturated carbocycles. The monoisotopic (exact) mass is 376 g/mol. The Morgan fingerprint density at radius 2 is 2.00 bits per heavy atom. The molecule has 4 heterocycles. The second-order valence-corrected chi connectivity index (χ2v) is 8.08. The number of nitrogens with zero attached hydrogens (tertiary/aromatic N) is 4. The molecule has 0 unspecified atom stereocenters. The summed E-state index contributed by atoms with van der Waals surface area (Å²) in [6.45, 7) is 3.89. The molecule has 2 atom stereocenters. The van der Waals surface area contributed by atoms with Crippen LogP contribution < -0.4 is 0 Å². The molecule has 1 spiro atoms. The van der Waals surface area contributed by atoms with Crippen molar-refractivity contribution in [3.8, 4) is 0 Å². The Morgan fingerprint density at radius 3 is 2.70 bits per heavy atom. The van der Waals surface area contributed by atoms with E-state index in [1.165, 1.54) is 0 Å². The van der Waals surface area contributed by atoms with Crippen molar-refractivity contribution in [1.82, 2.24) is 19.4 Å². The van der Waals surface area contributed by atoms with Gasteiger partial charge in [0.2, 0.25) is 11.8 Å². The molecule has 0 aliphatic carbocycles. The van der Waals surface area contributed by atoms with Gasteiger partial charge in [-0.1, -0.05) is 0 Å². The van der Waals surface area contributed by atoms with E-state index >= 15 is 0 Å². The van der Waals surface area contributed by atoms with Gasteiger partial charge in [0.15, 0.2) is 0 Å². The molecule has 0 N–H and O–H groups in total. The number of amides is 2. The fourth-order valence-electron chi connectivity index (χ4n) is 4.63. The summed E-state index contributed by atoms with van der Waals surface area (Å²) in [6.07, 6.45) is 5.61. The van der Waals surface area contributed by atoms with Crippen LogP contribution in [0.5, 0.6) is 0 Å². The zero-order valence-corrected chi connectivity index (χ0v) is 16.1. The van der Waals surface area contributed by atoms with Gasteiger partial charge in [0.1, 0.15) is 11.9 Å². The van der Waals surface area contributed by atoms with Gasteiger partial charge in [-0.2, -0.15) is 0 Å². The van der Waals surface area contributed by atoms with Crippen LogP contribution in [0, 0.1) is 11.3 Å². The summed E-state index contributed by atoms with van der Waals surface area (Å²) >= 11 is 0. The minimum Gasteiger partial charge on any atom is -0.381 e. The maximum absolute atomic E-state index is 13.5. The van der Waals surface area contributed by atoms with Gasteiger partial charge in [-0.05, 0) is 12.8 Å². The Kier molecular flexibility index (Phi) is 4.94. The first kappa shape index (κ1) is 18.4. The summed E-state index contributed by atoms with van der Waals surface area (Å²) in [5.41, 5.74) is -0.0301. The van der Waals surface area contributed by atoms with Crippen molar-refractivity contribution >= 4 is 11.8 Å². The van der Waals surface area contributed by atoms with Gasteiger partial charge in [-0.15, -0.1) is 0 Å². The lowest BCUT2D eigenvalue weighted by molar-refractivity contribution is -0.138. The SMILES string of the molecule is CN1C(=O)C[C@H](C(=O)N2CCOCC3(CCOCC3)C2)[C@H]1c1nccn1C. The first-order valence-electron chi connectivity index (χ1n) is 9.68. The fourth-order valence-corrected chi connectivity index (χ4v) is 4.63. The number of aryl methyl sites for hydroxylation is 1. The first-order chi connectivity index (χ1) is 13.0. The summed E-state index contributed by atoms with van der Waals surface area (Å²) in [7, 11) is 3.66. The molecule has 8 nitrogen and oxygen atoms in total. The van der Waals surface area contributed by atoms with Gasteiger partial charge < -0.3 is 23.8 Å². The topological polar surface area (TPSA) is 76.9 Å². The van der Waals surface area contributed by atoms with E-state index in [9.17, 15) is 9.59 Å². The molecule has 0 aromatic carbocycles. The fraction of sp³-hybridized carbons (Fsp3) is 0.737. The largest absolute Gasteiger partial charge is 0.381 e. The van der Waals surface area contributed by atoms with E-state index in [1.54, 1.807) is 18.1 Å². The van der Waals surface area contributed by atoms with Crippen molar-refractivity contribution in [2.24, 2.45) is 18.4 Å². The first-order valence-corrected chi connectivity index (χ1v) is 9.68. The molecule has 3 aliphatic rings. The Morgan fingerprint density at radius 1 is 1.22 bits per heavy atom. The highest BCUT2D eigenvalue weighted by molar-refractivity contribution is 5.90. The maximum atomic E-state index is 13.5. The van der Waals surface area contributed by atoms with Gasteiger partial charge >= 0.3 is 0 Å². The number of carbonyl (C=O) groups is 2. The number of hydrogen-bond acceptors (Lipinski definition) is 5. The van der Waals surface area contributed by atoms with Crippen LogP contribution in [0.3, 0.4) is 0 Å². The quantitative estimate of drug-likeness (QED) is 0.755. The second-order valence-electron chi connectivity index (χ2n) is 8.08. The van der Waals surface area contributed by atoms with Crippen LogP contribution in [0.2, 0.25) is 0 Å². The molecule has 3 fully saturated rings. The molecule has 3 saturated heterocycles. The highest BCUT2D eigenvalue weighted by Crippen LogP contribution is 2.39. The van der Waals surface area contributed by atoms with Crippen LogP contribution in [0.15, 0.2) is 12.4 Å². The van der Waals surface area contributed by atoms with E-state index in [0.717, 1.165) is 18.7 Å². The molecule has 3 aliphatic heterocycles. The normalized spacial score (nSPS) is 28.6. The minimum atomic E-state index is -0.404. The van der Waals surface area contributed by atoms with Gasteiger partial charge in [0.05, 0.1) is 19.1 Å². The summed E-state index contributed by atoms with van der Waals surface area (Å²) in [6, 6.07) is -0.320. The Labute approximate surface area is 159 Å². The summed E-state index contributed by atoms with van der Waals surface area (Å²) in [5, 5.41) is 0. The molecule has 0 bridgehead atoms. The highest BCUT2D eigenvalue weighted by atomic mass is 16.5. The molecule has 0 radical (unpaired) electrons. The number of ether oxygens (including phenoxy) is 2. The van der Waals surface area contributed by atoms with Crippen molar-refractivity contribution in [3.05, 3.63) is 18.2 Å². The lowest BCUT2D eigenvalue weighted by Crippen LogP contribution is -2.47. The van der Waals surface area contributed by atoms with E-state index < -0.39 is 5.92 Å². The lowest BCUT2D eigenvalue weighted by atomic mass is 9.80. The smallest absolute Gasteiger partial charge is 0.228 e. The summed E-state index contributed by atoms with van der Waals surface area (Å²) < 4.78 is 13.3. The van der Waals surface area contributed by atoms with Crippen LogP contribution in [0.1, 0.15) is 31.1 Å². The summed E-state index contributed by atoms with van der Waals surface area (Å²) in [5.74, 6) is 0.386.